The number of amides is 1. The fourth-order valence-electron chi connectivity index (χ4n) is 3.47. The molecule has 2 N–H and O–H groups in total. The summed E-state index contributed by atoms with van der Waals surface area (Å²) in [5.41, 5.74) is 1.18. The van der Waals surface area contributed by atoms with E-state index >= 15 is 0 Å². The lowest BCUT2D eigenvalue weighted by atomic mass is 10.0. The summed E-state index contributed by atoms with van der Waals surface area (Å²) in [6.45, 7) is 4.89. The van der Waals surface area contributed by atoms with Gasteiger partial charge >= 0.3 is 0 Å². The van der Waals surface area contributed by atoms with E-state index < -0.39 is 0 Å². The lowest BCUT2D eigenvalue weighted by Gasteiger charge is -2.35. The molecule has 132 valence electrons. The molecule has 2 saturated heterocycles. The Labute approximate surface area is 148 Å². The van der Waals surface area contributed by atoms with Crippen molar-refractivity contribution in [2.75, 3.05) is 39.4 Å². The van der Waals surface area contributed by atoms with Crippen LogP contribution in [0.15, 0.2) is 24.3 Å². The molecule has 0 aliphatic carbocycles. The van der Waals surface area contributed by atoms with Gasteiger partial charge in [0, 0.05) is 37.1 Å². The number of nitrogens with one attached hydrogen (secondary N) is 2. The van der Waals surface area contributed by atoms with Crippen molar-refractivity contribution >= 4 is 17.5 Å². The molecule has 1 aromatic rings. The second-order valence-electron chi connectivity index (χ2n) is 6.52. The first-order valence-electron chi connectivity index (χ1n) is 8.80. The van der Waals surface area contributed by atoms with Crippen LogP contribution < -0.4 is 10.6 Å². The molecule has 6 heteroatoms. The first kappa shape index (κ1) is 17.7. The lowest BCUT2D eigenvalue weighted by Crippen LogP contribution is -2.44. The number of ether oxygens (including phenoxy) is 1. The number of carbonyl (C=O) groups is 1. The van der Waals surface area contributed by atoms with Crippen LogP contribution in [0.1, 0.15) is 30.9 Å². The minimum Gasteiger partial charge on any atom is -0.379 e. The van der Waals surface area contributed by atoms with Gasteiger partial charge in [-0.2, -0.15) is 0 Å². The van der Waals surface area contributed by atoms with Crippen molar-refractivity contribution in [1.29, 1.82) is 0 Å². The average Bonchev–Trinajstić information content (AvgIpc) is 3.10. The number of halogens is 1. The average molecular weight is 352 g/mol. The van der Waals surface area contributed by atoms with Crippen LogP contribution in [-0.2, 0) is 9.53 Å². The molecule has 2 aliphatic rings. The zero-order chi connectivity index (χ0) is 16.8. The zero-order valence-corrected chi connectivity index (χ0v) is 14.7. The van der Waals surface area contributed by atoms with Crippen molar-refractivity contribution < 1.29 is 9.53 Å². The molecule has 0 bridgehead atoms. The smallest absolute Gasteiger partial charge is 0.221 e. The van der Waals surface area contributed by atoms with Crippen LogP contribution in [0.3, 0.4) is 0 Å². The van der Waals surface area contributed by atoms with Crippen molar-refractivity contribution in [3.8, 4) is 0 Å². The molecule has 24 heavy (non-hydrogen) atoms. The van der Waals surface area contributed by atoms with E-state index in [1.807, 2.05) is 24.3 Å². The van der Waals surface area contributed by atoms with E-state index in [4.69, 9.17) is 16.3 Å². The molecule has 2 aliphatic heterocycles. The Kier molecular flexibility index (Phi) is 6.49. The van der Waals surface area contributed by atoms with Gasteiger partial charge < -0.3 is 15.4 Å². The van der Waals surface area contributed by atoms with E-state index in [0.29, 0.717) is 19.0 Å². The second-order valence-corrected chi connectivity index (χ2v) is 6.95. The van der Waals surface area contributed by atoms with Crippen LogP contribution in [0.4, 0.5) is 0 Å². The van der Waals surface area contributed by atoms with Gasteiger partial charge in [-0.05, 0) is 37.1 Å². The predicted octanol–water partition coefficient (Wildman–Crippen LogP) is 1.97. The van der Waals surface area contributed by atoms with Crippen molar-refractivity contribution in [2.24, 2.45) is 0 Å². The van der Waals surface area contributed by atoms with Gasteiger partial charge in [-0.25, -0.2) is 0 Å². The largest absolute Gasteiger partial charge is 0.379 e. The number of morpholine rings is 1. The molecule has 2 unspecified atom stereocenters. The maximum atomic E-state index is 12.3. The molecule has 2 heterocycles. The Morgan fingerprint density at radius 2 is 2.08 bits per heavy atom. The Bertz CT molecular complexity index is 526. The monoisotopic (exact) mass is 351 g/mol. The SMILES string of the molecule is O=C(CC1CCCN1)NCC(c1ccc(Cl)cc1)N1CCOCC1. The van der Waals surface area contributed by atoms with Gasteiger partial charge in [-0.3, -0.25) is 9.69 Å². The summed E-state index contributed by atoms with van der Waals surface area (Å²) in [6.07, 6.45) is 2.83. The summed E-state index contributed by atoms with van der Waals surface area (Å²) in [7, 11) is 0. The normalized spacial score (nSPS) is 23.1. The highest BCUT2D eigenvalue weighted by Crippen LogP contribution is 2.23. The molecule has 0 aromatic heterocycles. The molecule has 2 atom stereocenters. The summed E-state index contributed by atoms with van der Waals surface area (Å²) in [6, 6.07) is 8.41. The van der Waals surface area contributed by atoms with Crippen molar-refractivity contribution in [1.82, 2.24) is 15.5 Å². The Morgan fingerprint density at radius 1 is 1.33 bits per heavy atom. The highest BCUT2D eigenvalue weighted by Gasteiger charge is 2.24. The van der Waals surface area contributed by atoms with Crippen LogP contribution in [-0.4, -0.2) is 56.2 Å². The third-order valence-electron chi connectivity index (χ3n) is 4.83. The highest BCUT2D eigenvalue weighted by molar-refractivity contribution is 6.30. The molecule has 0 saturated carbocycles. The summed E-state index contributed by atoms with van der Waals surface area (Å²) < 4.78 is 5.46. The van der Waals surface area contributed by atoms with E-state index in [1.165, 1.54) is 12.0 Å². The first-order chi connectivity index (χ1) is 11.7. The van der Waals surface area contributed by atoms with Gasteiger partial charge in [-0.15, -0.1) is 0 Å². The predicted molar refractivity (Wildman–Crippen MR) is 95.2 cm³/mol. The lowest BCUT2D eigenvalue weighted by molar-refractivity contribution is -0.121. The topological polar surface area (TPSA) is 53.6 Å². The molecule has 3 rings (SSSR count). The summed E-state index contributed by atoms with van der Waals surface area (Å²) >= 11 is 6.01. The van der Waals surface area contributed by atoms with E-state index in [1.54, 1.807) is 0 Å². The maximum absolute atomic E-state index is 12.3. The minimum atomic E-state index is 0.127. The first-order valence-corrected chi connectivity index (χ1v) is 9.17. The van der Waals surface area contributed by atoms with Crippen LogP contribution in [0.25, 0.3) is 0 Å². The Balaban J connectivity index is 1.60. The van der Waals surface area contributed by atoms with Crippen molar-refractivity contribution in [3.63, 3.8) is 0 Å². The van der Waals surface area contributed by atoms with Gasteiger partial charge in [0.2, 0.25) is 5.91 Å². The van der Waals surface area contributed by atoms with Gasteiger partial charge in [-0.1, -0.05) is 23.7 Å². The number of nitrogens with zero attached hydrogens (tertiary/aromatic N) is 1. The fraction of sp³-hybridized carbons (Fsp3) is 0.611. The van der Waals surface area contributed by atoms with Crippen LogP contribution >= 0.6 is 11.6 Å². The highest BCUT2D eigenvalue weighted by atomic mass is 35.5. The molecule has 5 nitrogen and oxygen atoms in total. The second kappa shape index (κ2) is 8.81. The maximum Gasteiger partial charge on any atom is 0.221 e. The number of rotatable bonds is 6. The number of hydrogen-bond donors (Lipinski definition) is 2. The van der Waals surface area contributed by atoms with Gasteiger partial charge in [0.05, 0.1) is 19.3 Å². The summed E-state index contributed by atoms with van der Waals surface area (Å²) in [4.78, 5) is 14.6. The van der Waals surface area contributed by atoms with Gasteiger partial charge in [0.15, 0.2) is 0 Å². The number of hydrogen-bond acceptors (Lipinski definition) is 4. The number of carbonyl (C=O) groups excluding carboxylic acids is 1. The van der Waals surface area contributed by atoms with Gasteiger partial charge in [0.25, 0.3) is 0 Å². The molecular formula is C18H26ClN3O2. The van der Waals surface area contributed by atoms with E-state index in [9.17, 15) is 4.79 Å². The standard InChI is InChI=1S/C18H26ClN3O2/c19-15-5-3-14(4-6-15)17(22-8-10-24-11-9-22)13-21-18(23)12-16-2-1-7-20-16/h3-6,16-17,20H,1-2,7-13H2,(H,21,23). The molecule has 1 amide bonds. The third-order valence-corrected chi connectivity index (χ3v) is 5.08. The zero-order valence-electron chi connectivity index (χ0n) is 14.0. The van der Waals surface area contributed by atoms with Crippen LogP contribution in [0, 0.1) is 0 Å². The molecule has 2 fully saturated rings. The third kappa shape index (κ3) is 4.93. The van der Waals surface area contributed by atoms with Crippen molar-refractivity contribution in [2.45, 2.75) is 31.3 Å². The van der Waals surface area contributed by atoms with E-state index in [-0.39, 0.29) is 11.9 Å². The molecule has 1 aromatic carbocycles. The number of benzene rings is 1. The van der Waals surface area contributed by atoms with Crippen molar-refractivity contribution in [3.05, 3.63) is 34.9 Å². The Hall–Kier alpha value is -1.14. The fourth-order valence-corrected chi connectivity index (χ4v) is 3.60. The van der Waals surface area contributed by atoms with Crippen LogP contribution in [0.5, 0.6) is 0 Å². The molecular weight excluding hydrogens is 326 g/mol. The summed E-state index contributed by atoms with van der Waals surface area (Å²) in [5.74, 6) is 0.127. The van der Waals surface area contributed by atoms with E-state index in [0.717, 1.165) is 44.3 Å². The minimum absolute atomic E-state index is 0.127. The van der Waals surface area contributed by atoms with Gasteiger partial charge in [0.1, 0.15) is 0 Å². The van der Waals surface area contributed by atoms with E-state index in [2.05, 4.69) is 15.5 Å². The Morgan fingerprint density at radius 3 is 2.75 bits per heavy atom. The molecule has 0 radical (unpaired) electrons. The summed E-state index contributed by atoms with van der Waals surface area (Å²) in [5, 5.41) is 7.23. The van der Waals surface area contributed by atoms with Crippen LogP contribution in [0.2, 0.25) is 5.02 Å². The molecule has 0 spiro atoms. The quantitative estimate of drug-likeness (QED) is 0.822.